The van der Waals surface area contributed by atoms with E-state index in [9.17, 15) is 27.6 Å². The molecule has 0 saturated carbocycles. The lowest BCUT2D eigenvalue weighted by Gasteiger charge is -2.41. The van der Waals surface area contributed by atoms with Crippen LogP contribution in [0.3, 0.4) is 0 Å². The van der Waals surface area contributed by atoms with Crippen molar-refractivity contribution >= 4 is 18.1 Å². The van der Waals surface area contributed by atoms with Crippen LogP contribution in [0.5, 0.6) is 0 Å². The van der Waals surface area contributed by atoms with Gasteiger partial charge in [0.15, 0.2) is 17.5 Å². The van der Waals surface area contributed by atoms with Gasteiger partial charge in [-0.05, 0) is 69.5 Å². The van der Waals surface area contributed by atoms with Crippen LogP contribution in [-0.4, -0.2) is 114 Å². The molecule has 0 aliphatic carbocycles. The number of benzene rings is 6. The van der Waals surface area contributed by atoms with Gasteiger partial charge in [-0.1, -0.05) is 177 Å². The molecule has 2 aliphatic heterocycles. The summed E-state index contributed by atoms with van der Waals surface area (Å²) in [5.74, 6) is -3.50. The Morgan fingerprint density at radius 3 is 1.38 bits per heavy atom. The number of nitrogens with one attached hydrogen (secondary N) is 1. The molecule has 2 aromatic heterocycles. The monoisotopic (exact) mass is 1250 g/mol. The van der Waals surface area contributed by atoms with Crippen LogP contribution in [0, 0.1) is 51.9 Å². The molecule has 2 aliphatic rings. The Labute approximate surface area is 527 Å². The number of amides is 3. The van der Waals surface area contributed by atoms with Gasteiger partial charge in [0, 0.05) is 43.9 Å². The zero-order valence-electron chi connectivity index (χ0n) is 52.5. The van der Waals surface area contributed by atoms with Crippen molar-refractivity contribution in [3.63, 3.8) is 0 Å². The highest BCUT2D eigenvalue weighted by Crippen LogP contribution is 2.41. The van der Waals surface area contributed by atoms with Crippen LogP contribution < -0.4 is 5.32 Å². The van der Waals surface area contributed by atoms with Crippen molar-refractivity contribution in [2.75, 3.05) is 39.3 Å². The molecule has 10 rings (SSSR count). The van der Waals surface area contributed by atoms with Crippen LogP contribution in [0.1, 0.15) is 101 Å². The summed E-state index contributed by atoms with van der Waals surface area (Å²) in [6, 6.07) is 42.8. The number of hydrogen-bond acceptors (Lipinski definition) is 10. The molecule has 0 bridgehead atoms. The quantitative estimate of drug-likeness (QED) is 0.0774. The maximum absolute atomic E-state index is 15.7. The summed E-state index contributed by atoms with van der Waals surface area (Å²) in [7, 11) is 0. The molecule has 480 valence electrons. The molecule has 0 unspecified atom stereocenters. The molecule has 6 atom stereocenters. The van der Waals surface area contributed by atoms with E-state index in [-0.39, 0.29) is 87.7 Å². The van der Waals surface area contributed by atoms with E-state index in [0.717, 1.165) is 58.7 Å². The zero-order chi connectivity index (χ0) is 65.1. The van der Waals surface area contributed by atoms with E-state index < -0.39 is 88.5 Å². The highest BCUT2D eigenvalue weighted by Gasteiger charge is 2.45. The van der Waals surface area contributed by atoms with E-state index in [0.29, 0.717) is 18.2 Å². The van der Waals surface area contributed by atoms with E-state index >= 15 is 13.2 Å². The average molecular weight is 1250 g/mol. The topological polar surface area (TPSA) is 153 Å². The third kappa shape index (κ3) is 17.2. The van der Waals surface area contributed by atoms with Crippen LogP contribution in [-0.2, 0) is 40.6 Å². The first-order valence-electron chi connectivity index (χ1n) is 30.5. The van der Waals surface area contributed by atoms with Gasteiger partial charge in [0.05, 0.1) is 49.4 Å². The van der Waals surface area contributed by atoms with Gasteiger partial charge >= 0.3 is 12.2 Å². The Balaban J connectivity index is 0.000000217. The Kier molecular flexibility index (Phi) is 21.5. The highest BCUT2D eigenvalue weighted by molar-refractivity contribution is 5.79. The zero-order valence-corrected chi connectivity index (χ0v) is 52.5. The van der Waals surface area contributed by atoms with Crippen molar-refractivity contribution < 1.29 is 50.2 Å². The molecule has 91 heavy (non-hydrogen) atoms. The van der Waals surface area contributed by atoms with Gasteiger partial charge in [-0.25, -0.2) is 55.3 Å². The number of ether oxygens (including phenoxy) is 2. The number of carbonyl (C=O) groups excluding carboxylic acids is 3. The number of likely N-dealkylation sites (tertiary alicyclic amines) is 2. The van der Waals surface area contributed by atoms with Gasteiger partial charge in [-0.2, -0.15) is 10.2 Å². The fraction of sp³-hybridized carbons (Fsp3) is 0.386. The molecular weight excluding hydrogens is 1170 g/mol. The molecule has 2 fully saturated rings. The van der Waals surface area contributed by atoms with Gasteiger partial charge in [-0.3, -0.25) is 4.79 Å². The van der Waals surface area contributed by atoms with E-state index in [1.165, 1.54) is 9.80 Å². The largest absolute Gasteiger partial charge is 0.445 e. The van der Waals surface area contributed by atoms with Crippen LogP contribution >= 0.6 is 0 Å². The lowest BCUT2D eigenvalue weighted by molar-refractivity contribution is -0.141. The molecule has 1 N–H and O–H groups in total. The standard InChI is InChI=1S/C37H42F3N5O3.C33H36F3N5O2/c1-24(2)35(46)44(21-27-20-43(22-31(27)40)36(47)48-23-26-14-10-7-11-15-26)32(37(3,4)5)34-41-33(29-18-28(38)16-17-30(29)39)42-45(34)19-25-12-8-6-9-13-25;1-33(2,3)29(37-17-24-19-40(20-28(24)36)32(42)43-21-23-12-8-5-9-13-23)31-38-30(26-16-25(34)14-15-27(26)35)39-41(31)18-22-10-6-4-7-11-22/h6-18,24,27,31-32H,19-23H2,1-5H3;4-16,24,28-29,37H,17-21H2,1-3H3/t27-,31-,32-;24-,28+,29+/m01/s1. The molecule has 4 heterocycles. The van der Waals surface area contributed by atoms with Crippen molar-refractivity contribution in [3.8, 4) is 22.8 Å². The molecule has 8 aromatic rings. The Hall–Kier alpha value is -8.85. The number of alkyl halides is 2. The first-order chi connectivity index (χ1) is 43.4. The van der Waals surface area contributed by atoms with Crippen LogP contribution in [0.2, 0.25) is 0 Å². The predicted octanol–water partition coefficient (Wildman–Crippen LogP) is 14.0. The molecule has 2 saturated heterocycles. The summed E-state index contributed by atoms with van der Waals surface area (Å²) in [5, 5.41) is 12.7. The molecule has 15 nitrogen and oxygen atoms in total. The number of hydrogen-bond donors (Lipinski definition) is 1. The fourth-order valence-corrected chi connectivity index (χ4v) is 11.3. The lowest BCUT2D eigenvalue weighted by atomic mass is 9.83. The maximum atomic E-state index is 15.7. The van der Waals surface area contributed by atoms with Gasteiger partial charge in [0.1, 0.15) is 54.7 Å². The fourth-order valence-electron chi connectivity index (χ4n) is 11.3. The Morgan fingerprint density at radius 2 is 0.956 bits per heavy atom. The van der Waals surface area contributed by atoms with Crippen molar-refractivity contribution in [1.82, 2.24) is 49.5 Å². The second-order valence-electron chi connectivity index (χ2n) is 25.7. The average Bonchev–Trinajstić information content (AvgIpc) is 1.70. The van der Waals surface area contributed by atoms with Crippen LogP contribution in [0.15, 0.2) is 158 Å². The van der Waals surface area contributed by atoms with Crippen LogP contribution in [0.4, 0.5) is 35.9 Å². The maximum Gasteiger partial charge on any atom is 0.410 e. The Bertz CT molecular complexity index is 3720. The number of carbonyl (C=O) groups is 3. The van der Waals surface area contributed by atoms with E-state index in [1.54, 1.807) is 28.1 Å². The summed E-state index contributed by atoms with van der Waals surface area (Å²) >= 11 is 0. The minimum atomic E-state index is -1.41. The molecule has 3 amide bonds. The third-order valence-electron chi connectivity index (χ3n) is 16.0. The highest BCUT2D eigenvalue weighted by atomic mass is 19.2. The number of aromatic nitrogens is 6. The van der Waals surface area contributed by atoms with Crippen LogP contribution in [0.25, 0.3) is 22.8 Å². The minimum absolute atomic E-state index is 0.00949. The van der Waals surface area contributed by atoms with E-state index in [1.807, 2.05) is 163 Å². The van der Waals surface area contributed by atoms with Gasteiger partial charge < -0.3 is 29.5 Å². The Morgan fingerprint density at radius 1 is 0.549 bits per heavy atom. The summed E-state index contributed by atoms with van der Waals surface area (Å²) in [6.45, 7) is 16.5. The predicted molar refractivity (Wildman–Crippen MR) is 334 cm³/mol. The first kappa shape index (κ1) is 66.6. The molecule has 0 spiro atoms. The summed E-state index contributed by atoms with van der Waals surface area (Å²) in [5.41, 5.74) is 2.28. The summed E-state index contributed by atoms with van der Waals surface area (Å²) in [6.07, 6.45) is -3.82. The number of halogens is 6. The lowest BCUT2D eigenvalue weighted by Crippen LogP contribution is -2.47. The molecular formula is C70H78F6N10O5. The van der Waals surface area contributed by atoms with Gasteiger partial charge in [0.25, 0.3) is 0 Å². The number of nitrogens with zero attached hydrogens (tertiary/aromatic N) is 9. The van der Waals surface area contributed by atoms with Gasteiger partial charge in [0.2, 0.25) is 5.91 Å². The van der Waals surface area contributed by atoms with E-state index in [4.69, 9.17) is 19.4 Å². The second kappa shape index (κ2) is 29.4. The van der Waals surface area contributed by atoms with Crippen molar-refractivity contribution in [2.45, 2.75) is 106 Å². The summed E-state index contributed by atoms with van der Waals surface area (Å²) in [4.78, 5) is 53.5. The third-order valence-corrected chi connectivity index (χ3v) is 16.0. The van der Waals surface area contributed by atoms with Crippen molar-refractivity contribution in [3.05, 3.63) is 215 Å². The van der Waals surface area contributed by atoms with Crippen molar-refractivity contribution in [1.29, 1.82) is 0 Å². The molecule has 6 aromatic carbocycles. The van der Waals surface area contributed by atoms with Crippen molar-refractivity contribution in [2.24, 2.45) is 28.6 Å². The summed E-state index contributed by atoms with van der Waals surface area (Å²) < 4.78 is 103. The molecule has 0 radical (unpaired) electrons. The van der Waals surface area contributed by atoms with Gasteiger partial charge in [-0.15, -0.1) is 0 Å². The minimum Gasteiger partial charge on any atom is -0.445 e. The second-order valence-corrected chi connectivity index (χ2v) is 25.7. The SMILES string of the molecule is CC(C)(C)[C@@H](NC[C@@H]1CN(C(=O)OCc2ccccc2)C[C@@H]1F)c1nc(-c2cc(F)ccc2F)nn1Cc1ccccc1.CC(C)C(=O)N(C[C@@H]1CN(C(=O)OCc2ccccc2)C[C@@H]1F)[C@@H](c1nc(-c2cc(F)ccc2F)nn1Cc1ccccc1)C(C)(C)C. The smallest absolute Gasteiger partial charge is 0.410 e. The number of rotatable bonds is 19. The molecule has 21 heteroatoms. The van der Waals surface area contributed by atoms with E-state index in [2.05, 4.69) is 15.5 Å². The normalized spacial score (nSPS) is 17.4. The first-order valence-corrected chi connectivity index (χ1v) is 30.5.